The van der Waals surface area contributed by atoms with E-state index < -0.39 is 15.8 Å². The average molecular weight is 297 g/mol. The topological polar surface area (TPSA) is 71.4 Å². The Balaban J connectivity index is 2.54. The van der Waals surface area contributed by atoms with Crippen molar-refractivity contribution in [1.82, 2.24) is 0 Å². The highest BCUT2D eigenvalue weighted by atomic mass is 35.5. The fourth-order valence-electron chi connectivity index (χ4n) is 1.57. The summed E-state index contributed by atoms with van der Waals surface area (Å²) in [4.78, 5) is 10.9. The summed E-state index contributed by atoms with van der Waals surface area (Å²) in [7, 11) is -3.68. The quantitative estimate of drug-likeness (QED) is 0.945. The zero-order valence-corrected chi connectivity index (χ0v) is 11.1. The molecule has 0 saturated heterocycles. The molecule has 0 aliphatic carbocycles. The summed E-state index contributed by atoms with van der Waals surface area (Å²) in [6.45, 7) is 0. The monoisotopic (exact) mass is 296 g/mol. The SMILES string of the molecule is O=C(O)c1ccc(S(=O)(=O)c2ccccc2)cc1Cl. The molecule has 0 spiro atoms. The van der Waals surface area contributed by atoms with Gasteiger partial charge in [-0.15, -0.1) is 0 Å². The number of hydrogen-bond acceptors (Lipinski definition) is 3. The van der Waals surface area contributed by atoms with Crippen LogP contribution < -0.4 is 0 Å². The molecule has 0 bridgehead atoms. The molecule has 1 N–H and O–H groups in total. The second kappa shape index (κ2) is 5.03. The van der Waals surface area contributed by atoms with Crippen LogP contribution in [0.1, 0.15) is 10.4 Å². The highest BCUT2D eigenvalue weighted by molar-refractivity contribution is 7.91. The molecule has 2 rings (SSSR count). The van der Waals surface area contributed by atoms with Gasteiger partial charge in [-0.25, -0.2) is 13.2 Å². The fourth-order valence-corrected chi connectivity index (χ4v) is 3.21. The van der Waals surface area contributed by atoms with Crippen molar-refractivity contribution in [2.75, 3.05) is 0 Å². The maximum Gasteiger partial charge on any atom is 0.337 e. The van der Waals surface area contributed by atoms with Crippen LogP contribution in [0.3, 0.4) is 0 Å². The number of benzene rings is 2. The highest BCUT2D eigenvalue weighted by Gasteiger charge is 2.19. The van der Waals surface area contributed by atoms with E-state index in [1.54, 1.807) is 18.2 Å². The van der Waals surface area contributed by atoms with Crippen molar-refractivity contribution in [3.63, 3.8) is 0 Å². The van der Waals surface area contributed by atoms with Crippen LogP contribution in [0.15, 0.2) is 58.3 Å². The highest BCUT2D eigenvalue weighted by Crippen LogP contribution is 2.25. The van der Waals surface area contributed by atoms with Crippen LogP contribution in [0, 0.1) is 0 Å². The summed E-state index contributed by atoms with van der Waals surface area (Å²) < 4.78 is 24.5. The Labute approximate surface area is 115 Å². The maximum atomic E-state index is 12.3. The summed E-state index contributed by atoms with van der Waals surface area (Å²) in [6.07, 6.45) is 0. The first-order valence-corrected chi connectivity index (χ1v) is 7.12. The molecule has 0 atom stereocenters. The van der Waals surface area contributed by atoms with E-state index in [1.165, 1.54) is 24.3 Å². The fraction of sp³-hybridized carbons (Fsp3) is 0. The number of carboxylic acid groups (broad SMARTS) is 1. The number of sulfone groups is 1. The Morgan fingerprint density at radius 2 is 1.63 bits per heavy atom. The van der Waals surface area contributed by atoms with Gasteiger partial charge in [0.25, 0.3) is 0 Å². The molecule has 0 aromatic heterocycles. The summed E-state index contributed by atoms with van der Waals surface area (Å²) in [5.41, 5.74) is -0.131. The van der Waals surface area contributed by atoms with Crippen LogP contribution in [0.4, 0.5) is 0 Å². The van der Waals surface area contributed by atoms with Gasteiger partial charge in [-0.1, -0.05) is 29.8 Å². The third-order valence-electron chi connectivity index (χ3n) is 2.53. The van der Waals surface area contributed by atoms with Gasteiger partial charge >= 0.3 is 5.97 Å². The Morgan fingerprint density at radius 3 is 2.16 bits per heavy atom. The van der Waals surface area contributed by atoms with E-state index in [4.69, 9.17) is 16.7 Å². The molecule has 2 aromatic rings. The van der Waals surface area contributed by atoms with Gasteiger partial charge in [0.15, 0.2) is 0 Å². The van der Waals surface area contributed by atoms with Gasteiger partial charge in [-0.05, 0) is 30.3 Å². The van der Waals surface area contributed by atoms with Gasteiger partial charge in [-0.2, -0.15) is 0 Å². The maximum absolute atomic E-state index is 12.3. The summed E-state index contributed by atoms with van der Waals surface area (Å²) >= 11 is 5.77. The molecule has 0 amide bonds. The van der Waals surface area contributed by atoms with Gasteiger partial charge in [0.05, 0.1) is 20.4 Å². The van der Waals surface area contributed by atoms with E-state index in [1.807, 2.05) is 0 Å². The number of hydrogen-bond donors (Lipinski definition) is 1. The zero-order chi connectivity index (χ0) is 14.0. The molecule has 0 radical (unpaired) electrons. The molecule has 98 valence electrons. The lowest BCUT2D eigenvalue weighted by atomic mass is 10.2. The van der Waals surface area contributed by atoms with Crippen LogP contribution in [0.25, 0.3) is 0 Å². The van der Waals surface area contributed by atoms with Crippen molar-refractivity contribution in [3.8, 4) is 0 Å². The minimum Gasteiger partial charge on any atom is -0.478 e. The van der Waals surface area contributed by atoms with E-state index >= 15 is 0 Å². The molecule has 0 fully saturated rings. The van der Waals surface area contributed by atoms with Crippen molar-refractivity contribution in [3.05, 3.63) is 59.1 Å². The number of carbonyl (C=O) groups is 1. The Hall–Kier alpha value is -1.85. The lowest BCUT2D eigenvalue weighted by Crippen LogP contribution is -2.04. The van der Waals surface area contributed by atoms with Gasteiger partial charge in [0.1, 0.15) is 0 Å². The molecule has 2 aromatic carbocycles. The lowest BCUT2D eigenvalue weighted by Gasteiger charge is -2.06. The molecule has 19 heavy (non-hydrogen) atoms. The van der Waals surface area contributed by atoms with E-state index in [2.05, 4.69) is 0 Å². The van der Waals surface area contributed by atoms with E-state index in [9.17, 15) is 13.2 Å². The third kappa shape index (κ3) is 2.62. The first kappa shape index (κ1) is 13.6. The van der Waals surface area contributed by atoms with Crippen molar-refractivity contribution in [2.24, 2.45) is 0 Å². The Bertz CT molecular complexity index is 724. The average Bonchev–Trinajstić information content (AvgIpc) is 2.39. The van der Waals surface area contributed by atoms with Gasteiger partial charge < -0.3 is 5.11 Å². The number of rotatable bonds is 3. The smallest absolute Gasteiger partial charge is 0.337 e. The summed E-state index contributed by atoms with van der Waals surface area (Å²) in [6, 6.07) is 11.4. The van der Waals surface area contributed by atoms with E-state index in [-0.39, 0.29) is 20.4 Å². The molecule has 0 saturated carbocycles. The van der Waals surface area contributed by atoms with Crippen molar-refractivity contribution >= 4 is 27.4 Å². The van der Waals surface area contributed by atoms with Gasteiger partial charge in [-0.3, -0.25) is 0 Å². The predicted molar refractivity (Wildman–Crippen MR) is 70.3 cm³/mol. The molecular formula is C13H9ClO4S. The standard InChI is InChI=1S/C13H9ClO4S/c14-12-8-10(6-7-11(12)13(15)16)19(17,18)9-4-2-1-3-5-9/h1-8H,(H,15,16). The zero-order valence-electron chi connectivity index (χ0n) is 9.58. The van der Waals surface area contributed by atoms with Crippen LogP contribution in [-0.2, 0) is 9.84 Å². The van der Waals surface area contributed by atoms with Crippen LogP contribution in [0.2, 0.25) is 5.02 Å². The van der Waals surface area contributed by atoms with Crippen LogP contribution >= 0.6 is 11.6 Å². The molecule has 6 heteroatoms. The van der Waals surface area contributed by atoms with Gasteiger partial charge in [0, 0.05) is 0 Å². The van der Waals surface area contributed by atoms with Crippen molar-refractivity contribution in [2.45, 2.75) is 9.79 Å². The number of aromatic carboxylic acids is 1. The molecule has 0 aliphatic heterocycles. The van der Waals surface area contributed by atoms with Crippen LogP contribution in [0.5, 0.6) is 0 Å². The molecule has 0 heterocycles. The first-order chi connectivity index (χ1) is 8.93. The molecule has 0 unspecified atom stereocenters. The minimum atomic E-state index is -3.68. The lowest BCUT2D eigenvalue weighted by molar-refractivity contribution is 0.0697. The second-order valence-corrected chi connectivity index (χ2v) is 6.12. The number of halogens is 1. The second-order valence-electron chi connectivity index (χ2n) is 3.76. The summed E-state index contributed by atoms with van der Waals surface area (Å²) in [5, 5.41) is 8.74. The Kier molecular flexibility index (Phi) is 3.59. The Morgan fingerprint density at radius 1 is 1.00 bits per heavy atom. The normalized spacial score (nSPS) is 11.2. The van der Waals surface area contributed by atoms with Gasteiger partial charge in [0.2, 0.25) is 9.84 Å². The third-order valence-corrected chi connectivity index (χ3v) is 4.61. The molecular weight excluding hydrogens is 288 g/mol. The summed E-state index contributed by atoms with van der Waals surface area (Å²) in [5.74, 6) is -1.20. The van der Waals surface area contributed by atoms with Crippen LogP contribution in [-0.4, -0.2) is 19.5 Å². The van der Waals surface area contributed by atoms with E-state index in [0.29, 0.717) is 0 Å². The predicted octanol–water partition coefficient (Wildman–Crippen LogP) is 2.87. The largest absolute Gasteiger partial charge is 0.478 e. The van der Waals surface area contributed by atoms with Crippen molar-refractivity contribution in [1.29, 1.82) is 0 Å². The van der Waals surface area contributed by atoms with Crippen molar-refractivity contribution < 1.29 is 18.3 Å². The minimum absolute atomic E-state index is 0.0336. The molecule has 4 nitrogen and oxygen atoms in total. The first-order valence-electron chi connectivity index (χ1n) is 5.26. The van der Waals surface area contributed by atoms with E-state index in [0.717, 1.165) is 6.07 Å². The molecule has 0 aliphatic rings. The number of carboxylic acids is 1.